The number of ether oxygens (including phenoxy) is 1. The van der Waals surface area contributed by atoms with Crippen LogP contribution < -0.4 is 5.32 Å². The van der Waals surface area contributed by atoms with Gasteiger partial charge in [0.25, 0.3) is 0 Å². The predicted molar refractivity (Wildman–Crippen MR) is 116 cm³/mol. The van der Waals surface area contributed by atoms with Crippen molar-refractivity contribution < 1.29 is 45.1 Å². The van der Waals surface area contributed by atoms with Gasteiger partial charge in [-0.25, -0.2) is 22.4 Å². The molecule has 36 heavy (non-hydrogen) atoms. The Kier molecular flexibility index (Phi) is 7.42. The Labute approximate surface area is 200 Å². The minimum atomic E-state index is -5.70. The van der Waals surface area contributed by atoms with Gasteiger partial charge in [-0.15, -0.1) is 0 Å². The number of carbonyl (C=O) groups excluding carboxylic acids is 2. The Bertz CT molecular complexity index is 1340. The molecule has 0 bridgehead atoms. The van der Waals surface area contributed by atoms with Crippen LogP contribution in [0.3, 0.4) is 0 Å². The molecule has 3 rings (SSSR count). The summed E-state index contributed by atoms with van der Waals surface area (Å²) in [6.45, 7) is 3.38. The second-order valence-electron chi connectivity index (χ2n) is 7.91. The first kappa shape index (κ1) is 26.7. The Morgan fingerprint density at radius 2 is 1.50 bits per heavy atom. The number of amides is 1. The van der Waals surface area contributed by atoms with Gasteiger partial charge in [-0.2, -0.15) is 13.2 Å². The molecule has 1 N–H and O–H groups in total. The molecule has 0 spiro atoms. The molecular formula is C25H18F7NO3. The van der Waals surface area contributed by atoms with Crippen LogP contribution in [0.4, 0.5) is 36.4 Å². The van der Waals surface area contributed by atoms with Gasteiger partial charge in [0.15, 0.2) is 23.3 Å². The van der Waals surface area contributed by atoms with Gasteiger partial charge in [-0.05, 0) is 42.2 Å². The lowest BCUT2D eigenvalue weighted by Gasteiger charge is -2.15. The fourth-order valence-electron chi connectivity index (χ4n) is 3.57. The number of aryl methyl sites for hydroxylation is 2. The van der Waals surface area contributed by atoms with E-state index in [1.165, 1.54) is 13.2 Å². The van der Waals surface area contributed by atoms with E-state index in [2.05, 4.69) is 0 Å². The summed E-state index contributed by atoms with van der Waals surface area (Å²) < 4.78 is 99.1. The first-order valence-corrected chi connectivity index (χ1v) is 10.3. The number of rotatable bonds is 5. The molecule has 11 heteroatoms. The van der Waals surface area contributed by atoms with Crippen molar-refractivity contribution in [3.05, 3.63) is 87.5 Å². The van der Waals surface area contributed by atoms with Crippen LogP contribution in [0.1, 0.15) is 32.6 Å². The summed E-state index contributed by atoms with van der Waals surface area (Å²) in [7, 11) is 1.21. The number of anilines is 1. The predicted octanol–water partition coefficient (Wildman–Crippen LogP) is 6.51. The van der Waals surface area contributed by atoms with Crippen LogP contribution in [0.2, 0.25) is 0 Å². The number of hydrogen-bond acceptors (Lipinski definition) is 3. The number of benzene rings is 3. The van der Waals surface area contributed by atoms with E-state index in [4.69, 9.17) is 4.74 Å². The smallest absolute Gasteiger partial charge is 0.422 e. The molecule has 190 valence electrons. The summed E-state index contributed by atoms with van der Waals surface area (Å²) in [5, 5.41) is 1.61. The Morgan fingerprint density at radius 1 is 0.889 bits per heavy atom. The molecule has 0 heterocycles. The first-order valence-electron chi connectivity index (χ1n) is 10.3. The number of nitrogens with one attached hydrogen (secondary N) is 1. The normalized spacial score (nSPS) is 11.4. The molecule has 4 nitrogen and oxygen atoms in total. The van der Waals surface area contributed by atoms with Gasteiger partial charge in [0.2, 0.25) is 5.91 Å². The van der Waals surface area contributed by atoms with Crippen LogP contribution in [0, 0.1) is 37.1 Å². The number of carbonyl (C=O) groups is 2. The maximum Gasteiger partial charge on any atom is 0.422 e. The zero-order chi connectivity index (χ0) is 26.9. The third kappa shape index (κ3) is 5.19. The van der Waals surface area contributed by atoms with E-state index >= 15 is 0 Å². The maximum atomic E-state index is 14.1. The molecule has 3 aromatic rings. The number of esters is 1. The van der Waals surface area contributed by atoms with E-state index in [-0.39, 0.29) is 5.56 Å². The first-order chi connectivity index (χ1) is 16.8. The number of hydrogen-bond donors (Lipinski definition) is 1. The fourth-order valence-corrected chi connectivity index (χ4v) is 3.57. The van der Waals surface area contributed by atoms with Gasteiger partial charge in [0, 0.05) is 0 Å². The van der Waals surface area contributed by atoms with E-state index < -0.39 is 59.0 Å². The summed E-state index contributed by atoms with van der Waals surface area (Å²) in [6, 6.07) is 9.80. The standard InChI is InChI=1S/C25H18F7NO3/c1-11-4-7-15(16(8-11)24(35)36-3)13-6-5-12(2)14(9-13)10-17(34)33-23-21(28)19(26)18(25(30,31)32)20(27)22(23)29/h4-9H,10H2,1-3H3,(H,33,34). The van der Waals surface area contributed by atoms with Gasteiger partial charge in [0.1, 0.15) is 11.3 Å². The average Bonchev–Trinajstić information content (AvgIpc) is 2.80. The molecule has 0 aliphatic carbocycles. The quantitative estimate of drug-likeness (QED) is 0.240. The molecule has 0 atom stereocenters. The van der Waals surface area contributed by atoms with Crippen LogP contribution in [-0.4, -0.2) is 19.0 Å². The summed E-state index contributed by atoms with van der Waals surface area (Å²) >= 11 is 0. The van der Waals surface area contributed by atoms with Gasteiger partial charge in [0.05, 0.1) is 19.1 Å². The van der Waals surface area contributed by atoms with Crippen LogP contribution in [-0.2, 0) is 22.1 Å². The third-order valence-corrected chi connectivity index (χ3v) is 5.40. The monoisotopic (exact) mass is 513 g/mol. The van der Waals surface area contributed by atoms with Crippen molar-refractivity contribution >= 4 is 17.6 Å². The molecule has 0 saturated carbocycles. The summed E-state index contributed by atoms with van der Waals surface area (Å²) in [5.74, 6) is -11.9. The second-order valence-corrected chi connectivity index (χ2v) is 7.91. The van der Waals surface area contributed by atoms with Gasteiger partial charge in [-0.1, -0.05) is 35.9 Å². The molecule has 0 aromatic heterocycles. The lowest BCUT2D eigenvalue weighted by Crippen LogP contribution is -2.21. The van der Waals surface area contributed by atoms with Crippen molar-refractivity contribution in [2.24, 2.45) is 0 Å². The van der Waals surface area contributed by atoms with Gasteiger partial charge in [-0.3, -0.25) is 4.79 Å². The topological polar surface area (TPSA) is 55.4 Å². The van der Waals surface area contributed by atoms with Crippen LogP contribution in [0.25, 0.3) is 11.1 Å². The number of alkyl halides is 3. The van der Waals surface area contributed by atoms with Gasteiger partial charge < -0.3 is 10.1 Å². The van der Waals surface area contributed by atoms with Crippen molar-refractivity contribution in [1.82, 2.24) is 0 Å². The van der Waals surface area contributed by atoms with Crippen LogP contribution in [0.5, 0.6) is 0 Å². The Hall–Kier alpha value is -3.89. The minimum Gasteiger partial charge on any atom is -0.465 e. The second kappa shape index (κ2) is 10.00. The molecule has 0 radical (unpaired) electrons. The zero-order valence-electron chi connectivity index (χ0n) is 19.0. The Balaban J connectivity index is 1.96. The minimum absolute atomic E-state index is 0.247. The molecular weight excluding hydrogens is 495 g/mol. The molecule has 0 aliphatic rings. The molecule has 0 saturated heterocycles. The highest BCUT2D eigenvalue weighted by atomic mass is 19.4. The lowest BCUT2D eigenvalue weighted by atomic mass is 9.94. The SMILES string of the molecule is COC(=O)c1cc(C)ccc1-c1ccc(C)c(CC(=O)Nc2c(F)c(F)c(C(F)(F)F)c(F)c2F)c1. The highest BCUT2D eigenvalue weighted by molar-refractivity contribution is 5.98. The summed E-state index contributed by atoms with van der Waals surface area (Å²) in [5.41, 5.74) is -1.56. The molecule has 1 amide bonds. The van der Waals surface area contributed by atoms with Crippen molar-refractivity contribution in [2.75, 3.05) is 12.4 Å². The number of methoxy groups -OCH3 is 1. The van der Waals surface area contributed by atoms with Crippen LogP contribution in [0.15, 0.2) is 36.4 Å². The van der Waals surface area contributed by atoms with Crippen molar-refractivity contribution in [1.29, 1.82) is 0 Å². The largest absolute Gasteiger partial charge is 0.465 e. The third-order valence-electron chi connectivity index (χ3n) is 5.40. The molecule has 3 aromatic carbocycles. The van der Waals surface area contributed by atoms with Crippen LogP contribution >= 0.6 is 0 Å². The highest BCUT2D eigenvalue weighted by Crippen LogP contribution is 2.38. The maximum absolute atomic E-state index is 14.1. The summed E-state index contributed by atoms with van der Waals surface area (Å²) in [6.07, 6.45) is -6.25. The lowest BCUT2D eigenvalue weighted by molar-refractivity contribution is -0.143. The van der Waals surface area contributed by atoms with E-state index in [1.807, 2.05) is 0 Å². The van der Waals surface area contributed by atoms with E-state index in [0.717, 1.165) is 5.56 Å². The van der Waals surface area contributed by atoms with E-state index in [0.29, 0.717) is 22.3 Å². The molecule has 0 aliphatic heterocycles. The van der Waals surface area contributed by atoms with Crippen molar-refractivity contribution in [3.8, 4) is 11.1 Å². The summed E-state index contributed by atoms with van der Waals surface area (Å²) in [4.78, 5) is 24.7. The highest BCUT2D eigenvalue weighted by Gasteiger charge is 2.42. The van der Waals surface area contributed by atoms with E-state index in [1.54, 1.807) is 49.5 Å². The Morgan fingerprint density at radius 3 is 2.06 bits per heavy atom. The van der Waals surface area contributed by atoms with Crippen molar-refractivity contribution in [3.63, 3.8) is 0 Å². The van der Waals surface area contributed by atoms with Crippen molar-refractivity contribution in [2.45, 2.75) is 26.4 Å². The van der Waals surface area contributed by atoms with E-state index in [9.17, 15) is 40.3 Å². The average molecular weight is 513 g/mol. The number of halogens is 7. The molecule has 0 fully saturated rings. The van der Waals surface area contributed by atoms with Gasteiger partial charge >= 0.3 is 12.1 Å². The zero-order valence-corrected chi connectivity index (χ0v) is 19.0. The fraction of sp³-hybridized carbons (Fsp3) is 0.200. The molecule has 0 unspecified atom stereocenters.